The summed E-state index contributed by atoms with van der Waals surface area (Å²) < 4.78 is 5.48. The van der Waals surface area contributed by atoms with Crippen LogP contribution < -0.4 is 5.32 Å². The van der Waals surface area contributed by atoms with Crippen LogP contribution in [0.2, 0.25) is 0 Å². The third kappa shape index (κ3) is 4.37. The van der Waals surface area contributed by atoms with Crippen LogP contribution in [-0.4, -0.2) is 42.3 Å². The van der Waals surface area contributed by atoms with Crippen molar-refractivity contribution >= 4 is 6.09 Å². The number of nitrogens with zero attached hydrogens (tertiary/aromatic N) is 1. The molecule has 2 aliphatic heterocycles. The van der Waals surface area contributed by atoms with Crippen molar-refractivity contribution in [2.45, 2.75) is 64.5 Å². The van der Waals surface area contributed by atoms with E-state index in [-0.39, 0.29) is 6.09 Å². The van der Waals surface area contributed by atoms with Crippen molar-refractivity contribution in [1.82, 2.24) is 10.2 Å². The Labute approximate surface area is 116 Å². The zero-order chi connectivity index (χ0) is 13.9. The number of carbonyl (C=O) groups excluding carboxylic acids is 1. The van der Waals surface area contributed by atoms with Gasteiger partial charge in [0, 0.05) is 19.1 Å². The average molecular weight is 268 g/mol. The molecule has 0 bridgehead atoms. The van der Waals surface area contributed by atoms with E-state index in [0.29, 0.717) is 12.0 Å². The third-order valence-electron chi connectivity index (χ3n) is 4.03. The summed E-state index contributed by atoms with van der Waals surface area (Å²) >= 11 is 0. The van der Waals surface area contributed by atoms with Gasteiger partial charge in [-0.25, -0.2) is 4.79 Å². The highest BCUT2D eigenvalue weighted by molar-refractivity contribution is 5.68. The van der Waals surface area contributed by atoms with E-state index in [0.717, 1.165) is 26.1 Å². The lowest BCUT2D eigenvalue weighted by molar-refractivity contribution is 0.0138. The third-order valence-corrected chi connectivity index (χ3v) is 4.03. The first-order chi connectivity index (χ1) is 8.96. The normalized spacial score (nSPS) is 29.1. The number of ether oxygens (including phenoxy) is 1. The quantitative estimate of drug-likeness (QED) is 0.795. The van der Waals surface area contributed by atoms with Crippen molar-refractivity contribution in [3.8, 4) is 0 Å². The van der Waals surface area contributed by atoms with Crippen LogP contribution in [0.15, 0.2) is 0 Å². The number of piperidine rings is 2. The van der Waals surface area contributed by atoms with Gasteiger partial charge in [-0.2, -0.15) is 0 Å². The van der Waals surface area contributed by atoms with Crippen molar-refractivity contribution in [2.24, 2.45) is 5.92 Å². The number of hydrogen-bond donors (Lipinski definition) is 1. The maximum Gasteiger partial charge on any atom is 0.410 e. The van der Waals surface area contributed by atoms with Crippen LogP contribution in [-0.2, 0) is 4.74 Å². The molecule has 0 aromatic heterocycles. The lowest BCUT2D eigenvalue weighted by Crippen LogP contribution is -2.50. The summed E-state index contributed by atoms with van der Waals surface area (Å²) in [5, 5.41) is 3.62. The van der Waals surface area contributed by atoms with Crippen molar-refractivity contribution in [2.75, 3.05) is 19.6 Å². The van der Waals surface area contributed by atoms with Gasteiger partial charge in [0.25, 0.3) is 0 Å². The maximum atomic E-state index is 12.1. The number of hydrogen-bond acceptors (Lipinski definition) is 3. The molecule has 2 atom stereocenters. The zero-order valence-corrected chi connectivity index (χ0v) is 12.6. The Morgan fingerprint density at radius 3 is 2.63 bits per heavy atom. The summed E-state index contributed by atoms with van der Waals surface area (Å²) in [6.45, 7) is 8.61. The number of carbonyl (C=O) groups is 1. The Hall–Kier alpha value is -0.770. The summed E-state index contributed by atoms with van der Waals surface area (Å²) in [6.07, 6.45) is 6.05. The Kier molecular flexibility index (Phi) is 4.71. The second-order valence-electron chi connectivity index (χ2n) is 6.89. The van der Waals surface area contributed by atoms with Crippen LogP contribution >= 0.6 is 0 Å². The Bertz CT molecular complexity index is 306. The summed E-state index contributed by atoms with van der Waals surface area (Å²) in [7, 11) is 0. The molecule has 19 heavy (non-hydrogen) atoms. The monoisotopic (exact) mass is 268 g/mol. The first kappa shape index (κ1) is 14.6. The molecule has 0 aromatic carbocycles. The Morgan fingerprint density at radius 1 is 1.21 bits per heavy atom. The van der Waals surface area contributed by atoms with Crippen LogP contribution in [0.4, 0.5) is 4.79 Å². The Morgan fingerprint density at radius 2 is 2.00 bits per heavy atom. The van der Waals surface area contributed by atoms with E-state index in [1.807, 2.05) is 25.7 Å². The number of amides is 1. The molecule has 4 heteroatoms. The molecule has 0 spiro atoms. The van der Waals surface area contributed by atoms with Crippen LogP contribution in [0.25, 0.3) is 0 Å². The second-order valence-corrected chi connectivity index (χ2v) is 6.89. The first-order valence-electron chi connectivity index (χ1n) is 7.67. The molecule has 2 aliphatic rings. The molecule has 2 saturated heterocycles. The van der Waals surface area contributed by atoms with Crippen LogP contribution in [0.1, 0.15) is 52.9 Å². The fourth-order valence-corrected chi connectivity index (χ4v) is 3.11. The van der Waals surface area contributed by atoms with Crippen molar-refractivity contribution in [3.05, 3.63) is 0 Å². The minimum Gasteiger partial charge on any atom is -0.444 e. The molecule has 0 aromatic rings. The molecule has 2 rings (SSSR count). The van der Waals surface area contributed by atoms with Gasteiger partial charge < -0.3 is 15.0 Å². The first-order valence-corrected chi connectivity index (χ1v) is 7.67. The molecular formula is C15H28N2O2. The van der Waals surface area contributed by atoms with Crippen LogP contribution in [0.3, 0.4) is 0 Å². The van der Waals surface area contributed by atoms with E-state index in [2.05, 4.69) is 5.32 Å². The van der Waals surface area contributed by atoms with Gasteiger partial charge in [-0.1, -0.05) is 6.42 Å². The fourth-order valence-electron chi connectivity index (χ4n) is 3.11. The topological polar surface area (TPSA) is 41.6 Å². The van der Waals surface area contributed by atoms with E-state index < -0.39 is 5.60 Å². The van der Waals surface area contributed by atoms with Crippen LogP contribution in [0.5, 0.6) is 0 Å². The van der Waals surface area contributed by atoms with Gasteiger partial charge in [-0.3, -0.25) is 0 Å². The minimum atomic E-state index is -0.396. The van der Waals surface area contributed by atoms with Crippen molar-refractivity contribution in [3.63, 3.8) is 0 Å². The van der Waals surface area contributed by atoms with Gasteiger partial charge in [0.1, 0.15) is 5.60 Å². The molecule has 110 valence electrons. The van der Waals surface area contributed by atoms with E-state index >= 15 is 0 Å². The number of likely N-dealkylation sites (tertiary alicyclic amines) is 1. The molecule has 2 unspecified atom stereocenters. The lowest BCUT2D eigenvalue weighted by atomic mass is 9.86. The highest BCUT2D eigenvalue weighted by atomic mass is 16.6. The highest BCUT2D eigenvalue weighted by Gasteiger charge is 2.31. The van der Waals surface area contributed by atoms with Crippen molar-refractivity contribution in [1.29, 1.82) is 0 Å². The fraction of sp³-hybridized carbons (Fsp3) is 0.933. The molecule has 4 nitrogen and oxygen atoms in total. The van der Waals surface area contributed by atoms with Crippen molar-refractivity contribution < 1.29 is 9.53 Å². The van der Waals surface area contributed by atoms with Gasteiger partial charge in [0.05, 0.1) is 0 Å². The highest BCUT2D eigenvalue weighted by Crippen LogP contribution is 2.25. The molecule has 0 radical (unpaired) electrons. The predicted molar refractivity (Wildman–Crippen MR) is 76.2 cm³/mol. The van der Waals surface area contributed by atoms with Crippen LogP contribution in [0, 0.1) is 5.92 Å². The molecule has 1 amide bonds. The standard InChI is InChI=1S/C15H28N2O2/c1-15(2,3)19-14(18)17-10-6-7-12(11-17)13-8-4-5-9-16-13/h12-13,16H,4-11H2,1-3H3. The smallest absolute Gasteiger partial charge is 0.410 e. The lowest BCUT2D eigenvalue weighted by Gasteiger charge is -2.39. The van der Waals surface area contributed by atoms with Gasteiger partial charge in [-0.05, 0) is 58.9 Å². The maximum absolute atomic E-state index is 12.1. The van der Waals surface area contributed by atoms with E-state index in [4.69, 9.17) is 4.74 Å². The van der Waals surface area contributed by atoms with E-state index in [9.17, 15) is 4.79 Å². The number of nitrogens with one attached hydrogen (secondary N) is 1. The zero-order valence-electron chi connectivity index (χ0n) is 12.6. The summed E-state index contributed by atoms with van der Waals surface area (Å²) in [5.74, 6) is 0.599. The minimum absolute atomic E-state index is 0.145. The largest absolute Gasteiger partial charge is 0.444 e. The molecule has 2 fully saturated rings. The molecule has 0 aliphatic carbocycles. The molecule has 2 heterocycles. The van der Waals surface area contributed by atoms with Gasteiger partial charge in [0.2, 0.25) is 0 Å². The molecule has 0 saturated carbocycles. The summed E-state index contributed by atoms with van der Waals surface area (Å²) in [6, 6.07) is 0.596. The molecular weight excluding hydrogens is 240 g/mol. The van der Waals surface area contributed by atoms with Gasteiger partial charge >= 0.3 is 6.09 Å². The molecule has 1 N–H and O–H groups in total. The average Bonchev–Trinajstić information content (AvgIpc) is 2.38. The summed E-state index contributed by atoms with van der Waals surface area (Å²) in [5.41, 5.74) is -0.396. The van der Waals surface area contributed by atoms with Gasteiger partial charge in [0.15, 0.2) is 0 Å². The summed E-state index contributed by atoms with van der Waals surface area (Å²) in [4.78, 5) is 14.0. The Balaban J connectivity index is 1.87. The second kappa shape index (κ2) is 6.12. The predicted octanol–water partition coefficient (Wildman–Crippen LogP) is 2.78. The van der Waals surface area contributed by atoms with E-state index in [1.54, 1.807) is 0 Å². The van der Waals surface area contributed by atoms with Gasteiger partial charge in [-0.15, -0.1) is 0 Å². The SMILES string of the molecule is CC(C)(C)OC(=O)N1CCCC(C2CCCCN2)C1. The number of rotatable bonds is 1. The van der Waals surface area contributed by atoms with E-state index in [1.165, 1.54) is 25.7 Å².